The minimum Gasteiger partial charge on any atom is -0.378 e. The molecule has 0 radical (unpaired) electrons. The van der Waals surface area contributed by atoms with E-state index >= 15 is 0 Å². The summed E-state index contributed by atoms with van der Waals surface area (Å²) in [6, 6.07) is 11.0. The predicted octanol–water partition coefficient (Wildman–Crippen LogP) is 3.55. The van der Waals surface area contributed by atoms with Gasteiger partial charge < -0.3 is 15.4 Å². The lowest BCUT2D eigenvalue weighted by atomic mass is 9.51. The standard InChI is InChI=1S/C22H31N5O.HI/c1-3-28-20-16-19(22(20)11-4-12-22)26-21(23-2)24-14-10-17-6-8-18(9-7-17)27-15-5-13-25-27;/h5-9,13,15,19-20H,3-4,10-12,14,16H2,1-2H3,(H2,23,24,26);1H. The van der Waals surface area contributed by atoms with Gasteiger partial charge in [0.05, 0.1) is 11.8 Å². The van der Waals surface area contributed by atoms with E-state index < -0.39 is 0 Å². The molecule has 1 spiro atoms. The minimum atomic E-state index is 0. The summed E-state index contributed by atoms with van der Waals surface area (Å²) in [6.07, 6.45) is 10.1. The van der Waals surface area contributed by atoms with Gasteiger partial charge >= 0.3 is 0 Å². The van der Waals surface area contributed by atoms with E-state index in [2.05, 4.69) is 51.9 Å². The van der Waals surface area contributed by atoms with Gasteiger partial charge in [-0.1, -0.05) is 18.6 Å². The maximum Gasteiger partial charge on any atom is 0.191 e. The molecule has 2 aliphatic carbocycles. The average Bonchev–Trinajstić information content (AvgIpc) is 3.19. The lowest BCUT2D eigenvalue weighted by Crippen LogP contribution is -2.68. The molecule has 1 aromatic carbocycles. The number of benzene rings is 1. The van der Waals surface area contributed by atoms with Crippen molar-refractivity contribution in [1.82, 2.24) is 20.4 Å². The van der Waals surface area contributed by atoms with Crippen molar-refractivity contribution in [2.24, 2.45) is 10.4 Å². The molecular formula is C22H32IN5O. The highest BCUT2D eigenvalue weighted by molar-refractivity contribution is 14.0. The van der Waals surface area contributed by atoms with Gasteiger partial charge in [-0.05, 0) is 56.4 Å². The van der Waals surface area contributed by atoms with Crippen molar-refractivity contribution in [2.75, 3.05) is 20.2 Å². The molecule has 158 valence electrons. The first kappa shape index (κ1) is 22.1. The van der Waals surface area contributed by atoms with Crippen LogP contribution in [0.25, 0.3) is 5.69 Å². The molecule has 2 fully saturated rings. The van der Waals surface area contributed by atoms with Crippen LogP contribution in [-0.2, 0) is 11.2 Å². The number of hydrogen-bond acceptors (Lipinski definition) is 3. The maximum absolute atomic E-state index is 5.95. The Bertz CT molecular complexity index is 786. The van der Waals surface area contributed by atoms with Crippen molar-refractivity contribution >= 4 is 29.9 Å². The fourth-order valence-corrected chi connectivity index (χ4v) is 4.56. The summed E-state index contributed by atoms with van der Waals surface area (Å²) in [5.41, 5.74) is 2.73. The van der Waals surface area contributed by atoms with Gasteiger partial charge in [0.25, 0.3) is 0 Å². The highest BCUT2D eigenvalue weighted by Crippen LogP contribution is 2.57. The van der Waals surface area contributed by atoms with E-state index in [-0.39, 0.29) is 24.0 Å². The SMILES string of the molecule is CCOC1CC(NC(=NC)NCCc2ccc(-n3cccn3)cc2)C12CCC2.I. The highest BCUT2D eigenvalue weighted by atomic mass is 127. The van der Waals surface area contributed by atoms with Crippen LogP contribution in [-0.4, -0.2) is 48.1 Å². The number of nitrogens with one attached hydrogen (secondary N) is 2. The first-order chi connectivity index (χ1) is 13.7. The van der Waals surface area contributed by atoms with E-state index in [1.807, 2.05) is 24.0 Å². The molecule has 2 aliphatic rings. The van der Waals surface area contributed by atoms with Crippen LogP contribution in [0.3, 0.4) is 0 Å². The number of aliphatic imine (C=N–C) groups is 1. The molecule has 0 aliphatic heterocycles. The maximum atomic E-state index is 5.95. The first-order valence-corrected chi connectivity index (χ1v) is 10.4. The Morgan fingerprint density at radius 2 is 2.10 bits per heavy atom. The quantitative estimate of drug-likeness (QED) is 0.341. The Kier molecular flexibility index (Phi) is 7.56. The van der Waals surface area contributed by atoms with E-state index in [0.29, 0.717) is 17.6 Å². The first-order valence-electron chi connectivity index (χ1n) is 10.4. The summed E-state index contributed by atoms with van der Waals surface area (Å²) in [5.74, 6) is 0.902. The Morgan fingerprint density at radius 3 is 2.69 bits per heavy atom. The van der Waals surface area contributed by atoms with Gasteiger partial charge in [-0.2, -0.15) is 5.10 Å². The summed E-state index contributed by atoms with van der Waals surface area (Å²) in [6.45, 7) is 3.76. The molecule has 1 heterocycles. The van der Waals surface area contributed by atoms with Gasteiger partial charge in [-0.25, -0.2) is 4.68 Å². The fourth-order valence-electron chi connectivity index (χ4n) is 4.56. The second-order valence-electron chi connectivity index (χ2n) is 7.83. The van der Waals surface area contributed by atoms with E-state index in [1.54, 1.807) is 6.20 Å². The van der Waals surface area contributed by atoms with Crippen molar-refractivity contribution in [3.05, 3.63) is 48.3 Å². The molecule has 0 saturated heterocycles. The summed E-state index contributed by atoms with van der Waals surface area (Å²) in [7, 11) is 1.85. The number of hydrogen-bond donors (Lipinski definition) is 2. The van der Waals surface area contributed by atoms with Crippen molar-refractivity contribution < 1.29 is 4.74 Å². The number of guanidine groups is 1. The van der Waals surface area contributed by atoms with Crippen LogP contribution < -0.4 is 10.6 Å². The molecule has 0 amide bonds. The van der Waals surface area contributed by atoms with Crippen LogP contribution >= 0.6 is 24.0 Å². The Balaban J connectivity index is 0.00000240. The van der Waals surface area contributed by atoms with Crippen LogP contribution in [0.1, 0.15) is 38.2 Å². The van der Waals surface area contributed by atoms with Crippen LogP contribution in [0.4, 0.5) is 0 Å². The van der Waals surface area contributed by atoms with Crippen LogP contribution in [0.5, 0.6) is 0 Å². The molecule has 7 heteroatoms. The second-order valence-corrected chi connectivity index (χ2v) is 7.83. The highest BCUT2D eigenvalue weighted by Gasteiger charge is 2.59. The zero-order chi connectivity index (χ0) is 19.4. The molecule has 2 N–H and O–H groups in total. The van der Waals surface area contributed by atoms with Crippen molar-refractivity contribution in [3.8, 4) is 5.69 Å². The zero-order valence-electron chi connectivity index (χ0n) is 17.3. The summed E-state index contributed by atoms with van der Waals surface area (Å²) in [4.78, 5) is 4.43. The lowest BCUT2D eigenvalue weighted by Gasteiger charge is -2.61. The molecule has 2 unspecified atom stereocenters. The third-order valence-electron chi connectivity index (χ3n) is 6.38. The number of rotatable bonds is 7. The van der Waals surface area contributed by atoms with Crippen LogP contribution in [0, 0.1) is 5.41 Å². The fraction of sp³-hybridized carbons (Fsp3) is 0.545. The normalized spacial score (nSPS) is 22.3. The molecule has 0 bridgehead atoms. The number of ether oxygens (including phenoxy) is 1. The molecule has 2 atom stereocenters. The van der Waals surface area contributed by atoms with E-state index in [1.165, 1.54) is 24.8 Å². The molecule has 6 nitrogen and oxygen atoms in total. The van der Waals surface area contributed by atoms with Crippen molar-refractivity contribution in [2.45, 2.75) is 51.2 Å². The largest absolute Gasteiger partial charge is 0.378 e. The van der Waals surface area contributed by atoms with E-state index in [9.17, 15) is 0 Å². The Morgan fingerprint density at radius 1 is 1.31 bits per heavy atom. The molecular weight excluding hydrogens is 477 g/mol. The lowest BCUT2D eigenvalue weighted by molar-refractivity contribution is -0.168. The molecule has 2 aromatic rings. The van der Waals surface area contributed by atoms with Crippen molar-refractivity contribution in [1.29, 1.82) is 0 Å². The van der Waals surface area contributed by atoms with E-state index in [4.69, 9.17) is 4.74 Å². The second kappa shape index (κ2) is 9.93. The minimum absolute atomic E-state index is 0. The summed E-state index contributed by atoms with van der Waals surface area (Å²) < 4.78 is 7.82. The van der Waals surface area contributed by atoms with Gasteiger partial charge in [0, 0.05) is 44.0 Å². The van der Waals surface area contributed by atoms with Crippen LogP contribution in [0.2, 0.25) is 0 Å². The van der Waals surface area contributed by atoms with E-state index in [0.717, 1.165) is 37.6 Å². The van der Waals surface area contributed by atoms with Gasteiger partial charge in [-0.3, -0.25) is 4.99 Å². The zero-order valence-corrected chi connectivity index (χ0v) is 19.6. The van der Waals surface area contributed by atoms with Gasteiger partial charge in [0.15, 0.2) is 5.96 Å². The summed E-state index contributed by atoms with van der Waals surface area (Å²) in [5, 5.41) is 11.4. The topological polar surface area (TPSA) is 63.5 Å². The smallest absolute Gasteiger partial charge is 0.191 e. The molecule has 1 aromatic heterocycles. The Hall–Kier alpha value is -1.61. The molecule has 29 heavy (non-hydrogen) atoms. The van der Waals surface area contributed by atoms with Gasteiger partial charge in [0.2, 0.25) is 0 Å². The summed E-state index contributed by atoms with van der Waals surface area (Å²) >= 11 is 0. The third kappa shape index (κ3) is 4.60. The monoisotopic (exact) mass is 509 g/mol. The van der Waals surface area contributed by atoms with Gasteiger partial charge in [-0.15, -0.1) is 24.0 Å². The van der Waals surface area contributed by atoms with Crippen molar-refractivity contribution in [3.63, 3.8) is 0 Å². The third-order valence-corrected chi connectivity index (χ3v) is 6.38. The predicted molar refractivity (Wildman–Crippen MR) is 127 cm³/mol. The van der Waals surface area contributed by atoms with Crippen LogP contribution in [0.15, 0.2) is 47.7 Å². The number of aromatic nitrogens is 2. The Labute approximate surface area is 190 Å². The average molecular weight is 509 g/mol. The number of nitrogens with zero attached hydrogens (tertiary/aromatic N) is 3. The van der Waals surface area contributed by atoms with Gasteiger partial charge in [0.1, 0.15) is 0 Å². The number of halogens is 1. The molecule has 2 saturated carbocycles. The molecule has 4 rings (SSSR count).